The number of rotatable bonds is 8. The number of carbonyl (C=O) groups excluding carboxylic acids is 1. The Balaban J connectivity index is 1.43. The zero-order valence-electron chi connectivity index (χ0n) is 18.1. The largest absolute Gasteiger partial charge is 0.480 e. The zero-order valence-corrected chi connectivity index (χ0v) is 18.9. The Morgan fingerprint density at radius 2 is 1.91 bits per heavy atom. The van der Waals surface area contributed by atoms with E-state index in [9.17, 15) is 13.6 Å². The Morgan fingerprint density at radius 1 is 1.12 bits per heavy atom. The number of carbonyl (C=O) groups is 1. The maximum Gasteiger partial charge on any atom is 0.234 e. The first kappa shape index (κ1) is 22.7. The minimum atomic E-state index is -0.788. The smallest absolute Gasteiger partial charge is 0.234 e. The molecule has 33 heavy (non-hydrogen) atoms. The highest BCUT2D eigenvalue weighted by molar-refractivity contribution is 7.99. The lowest BCUT2D eigenvalue weighted by Gasteiger charge is -2.16. The van der Waals surface area contributed by atoms with Crippen LogP contribution in [0.3, 0.4) is 0 Å². The summed E-state index contributed by atoms with van der Waals surface area (Å²) < 4.78 is 34.5. The summed E-state index contributed by atoms with van der Waals surface area (Å²) in [7, 11) is 0. The summed E-state index contributed by atoms with van der Waals surface area (Å²) in [6.07, 6.45) is -0.628. The van der Waals surface area contributed by atoms with Gasteiger partial charge in [0.2, 0.25) is 5.91 Å². The first-order valence-electron chi connectivity index (χ1n) is 10.4. The van der Waals surface area contributed by atoms with Crippen LogP contribution in [-0.4, -0.2) is 26.4 Å². The molecule has 0 spiro atoms. The van der Waals surface area contributed by atoms with E-state index in [0.717, 1.165) is 28.6 Å². The summed E-state index contributed by atoms with van der Waals surface area (Å²) in [4.78, 5) is 12.6. The van der Waals surface area contributed by atoms with Crippen LogP contribution in [0.1, 0.15) is 25.8 Å². The van der Waals surface area contributed by atoms with Crippen molar-refractivity contribution in [1.82, 2.24) is 14.8 Å². The molecule has 1 amide bonds. The lowest BCUT2D eigenvalue weighted by Crippen LogP contribution is -2.15. The average molecular weight is 469 g/mol. The van der Waals surface area contributed by atoms with Crippen molar-refractivity contribution in [2.75, 3.05) is 11.1 Å². The summed E-state index contributed by atoms with van der Waals surface area (Å²) in [5.41, 5.74) is 0.750. The summed E-state index contributed by atoms with van der Waals surface area (Å²) in [6, 6.07) is 16.7. The molecule has 0 bridgehead atoms. The molecule has 1 aromatic heterocycles. The minimum absolute atomic E-state index is 0.0711. The van der Waals surface area contributed by atoms with Gasteiger partial charge in [0.15, 0.2) is 28.7 Å². The van der Waals surface area contributed by atoms with Crippen molar-refractivity contribution in [2.24, 2.45) is 0 Å². The van der Waals surface area contributed by atoms with E-state index in [0.29, 0.717) is 17.5 Å². The fourth-order valence-electron chi connectivity index (χ4n) is 3.47. The van der Waals surface area contributed by atoms with Crippen LogP contribution in [0.5, 0.6) is 5.75 Å². The molecule has 0 saturated heterocycles. The molecule has 0 saturated carbocycles. The second-order valence-corrected chi connectivity index (χ2v) is 8.23. The number of thioether (sulfide) groups is 1. The van der Waals surface area contributed by atoms with Gasteiger partial charge in [0.1, 0.15) is 5.82 Å². The van der Waals surface area contributed by atoms with E-state index in [1.807, 2.05) is 54.0 Å². The van der Waals surface area contributed by atoms with Gasteiger partial charge in [0.25, 0.3) is 0 Å². The van der Waals surface area contributed by atoms with Gasteiger partial charge in [0.05, 0.1) is 5.75 Å². The molecule has 6 nitrogen and oxygen atoms in total. The molecule has 170 valence electrons. The van der Waals surface area contributed by atoms with Crippen molar-refractivity contribution in [3.8, 4) is 5.75 Å². The first-order chi connectivity index (χ1) is 16.0. The molecule has 1 unspecified atom stereocenters. The molecule has 0 aliphatic carbocycles. The predicted octanol–water partition coefficient (Wildman–Crippen LogP) is 5.60. The maximum absolute atomic E-state index is 13.9. The standard InChI is InChI=1S/C24H22F2N4O2S/c1-3-30-23(15(2)32-21-12-11-17(25)13-19(21)26)28-29-24(30)33-14-22(31)27-20-10-6-8-16-7-4-5-9-18(16)20/h4-13,15H,3,14H2,1-2H3,(H,27,31). The Labute approximate surface area is 194 Å². The van der Waals surface area contributed by atoms with Gasteiger partial charge in [-0.2, -0.15) is 0 Å². The number of halogens is 2. The normalized spacial score (nSPS) is 12.0. The van der Waals surface area contributed by atoms with Crippen molar-refractivity contribution >= 4 is 34.1 Å². The van der Waals surface area contributed by atoms with Crippen LogP contribution in [-0.2, 0) is 11.3 Å². The highest BCUT2D eigenvalue weighted by atomic mass is 32.2. The summed E-state index contributed by atoms with van der Waals surface area (Å²) >= 11 is 1.25. The molecule has 0 radical (unpaired) electrons. The summed E-state index contributed by atoms with van der Waals surface area (Å²) in [5, 5.41) is 13.9. The summed E-state index contributed by atoms with van der Waals surface area (Å²) in [5.74, 6) is -1.07. The highest BCUT2D eigenvalue weighted by Gasteiger charge is 2.21. The molecular formula is C24H22F2N4O2S. The lowest BCUT2D eigenvalue weighted by atomic mass is 10.1. The molecule has 0 aliphatic rings. The third-order valence-electron chi connectivity index (χ3n) is 5.02. The number of hydrogen-bond donors (Lipinski definition) is 1. The van der Waals surface area contributed by atoms with Crippen molar-refractivity contribution in [3.05, 3.63) is 78.1 Å². The van der Waals surface area contributed by atoms with Crippen LogP contribution in [0.25, 0.3) is 10.8 Å². The van der Waals surface area contributed by atoms with Crippen molar-refractivity contribution in [1.29, 1.82) is 0 Å². The van der Waals surface area contributed by atoms with Gasteiger partial charge in [-0.1, -0.05) is 48.2 Å². The van der Waals surface area contributed by atoms with Crippen molar-refractivity contribution < 1.29 is 18.3 Å². The number of nitrogens with zero attached hydrogens (tertiary/aromatic N) is 3. The number of ether oxygens (including phenoxy) is 1. The van der Waals surface area contributed by atoms with Crippen molar-refractivity contribution in [2.45, 2.75) is 31.7 Å². The number of benzene rings is 3. The molecular weight excluding hydrogens is 446 g/mol. The second kappa shape index (κ2) is 9.99. The van der Waals surface area contributed by atoms with Gasteiger partial charge < -0.3 is 14.6 Å². The lowest BCUT2D eigenvalue weighted by molar-refractivity contribution is -0.113. The Bertz CT molecular complexity index is 1290. The van der Waals surface area contributed by atoms with E-state index >= 15 is 0 Å². The molecule has 4 rings (SSSR count). The van der Waals surface area contributed by atoms with Gasteiger partial charge in [-0.25, -0.2) is 8.78 Å². The third-order valence-corrected chi connectivity index (χ3v) is 5.99. The number of anilines is 1. The van der Waals surface area contributed by atoms with Crippen LogP contribution in [0, 0.1) is 11.6 Å². The van der Waals surface area contributed by atoms with Gasteiger partial charge in [-0.15, -0.1) is 10.2 Å². The second-order valence-electron chi connectivity index (χ2n) is 7.28. The van der Waals surface area contributed by atoms with Crippen LogP contribution in [0.4, 0.5) is 14.5 Å². The number of fused-ring (bicyclic) bond motifs is 1. The predicted molar refractivity (Wildman–Crippen MR) is 124 cm³/mol. The molecule has 3 aromatic carbocycles. The summed E-state index contributed by atoms with van der Waals surface area (Å²) in [6.45, 7) is 4.16. The van der Waals surface area contributed by atoms with Gasteiger partial charge in [0, 0.05) is 23.7 Å². The molecule has 1 atom stereocenters. The fourth-order valence-corrected chi connectivity index (χ4v) is 4.28. The third kappa shape index (κ3) is 5.14. The van der Waals surface area contributed by atoms with E-state index in [4.69, 9.17) is 4.74 Å². The Kier molecular flexibility index (Phi) is 6.88. The van der Waals surface area contributed by atoms with Crippen LogP contribution >= 0.6 is 11.8 Å². The fraction of sp³-hybridized carbons (Fsp3) is 0.208. The van der Waals surface area contributed by atoms with Gasteiger partial charge in [-0.3, -0.25) is 4.79 Å². The van der Waals surface area contributed by atoms with E-state index in [1.54, 1.807) is 6.92 Å². The first-order valence-corrected chi connectivity index (χ1v) is 11.4. The van der Waals surface area contributed by atoms with Gasteiger partial charge >= 0.3 is 0 Å². The van der Waals surface area contributed by atoms with Crippen molar-refractivity contribution in [3.63, 3.8) is 0 Å². The monoisotopic (exact) mass is 468 g/mol. The number of hydrogen-bond acceptors (Lipinski definition) is 5. The highest BCUT2D eigenvalue weighted by Crippen LogP contribution is 2.27. The topological polar surface area (TPSA) is 69.0 Å². The Morgan fingerprint density at radius 3 is 2.70 bits per heavy atom. The number of aromatic nitrogens is 3. The van der Waals surface area contributed by atoms with Gasteiger partial charge in [-0.05, 0) is 37.4 Å². The molecule has 4 aromatic rings. The molecule has 9 heteroatoms. The molecule has 1 heterocycles. The maximum atomic E-state index is 13.9. The van der Waals surface area contributed by atoms with E-state index in [2.05, 4.69) is 15.5 Å². The SMILES string of the molecule is CCn1c(SCC(=O)Nc2cccc3ccccc23)nnc1C(C)Oc1ccc(F)cc1F. The molecule has 1 N–H and O–H groups in total. The number of nitrogens with one attached hydrogen (secondary N) is 1. The molecule has 0 fully saturated rings. The van der Waals surface area contributed by atoms with Crippen LogP contribution in [0.15, 0.2) is 65.8 Å². The van der Waals surface area contributed by atoms with E-state index < -0.39 is 17.7 Å². The van der Waals surface area contributed by atoms with Crippen LogP contribution in [0.2, 0.25) is 0 Å². The molecule has 0 aliphatic heterocycles. The minimum Gasteiger partial charge on any atom is -0.480 e. The van der Waals surface area contributed by atoms with Crippen LogP contribution < -0.4 is 10.1 Å². The Hall–Kier alpha value is -3.46. The zero-order chi connectivity index (χ0) is 23.4. The quantitative estimate of drug-likeness (QED) is 0.341. The van der Waals surface area contributed by atoms with E-state index in [1.165, 1.54) is 17.8 Å². The van der Waals surface area contributed by atoms with E-state index in [-0.39, 0.29) is 17.4 Å². The number of amides is 1. The average Bonchev–Trinajstić information content (AvgIpc) is 3.23.